The predicted molar refractivity (Wildman–Crippen MR) is 97.3 cm³/mol. The quantitative estimate of drug-likeness (QED) is 0.716. The first-order valence-electron chi connectivity index (χ1n) is 7.47. The first kappa shape index (κ1) is 16.7. The lowest BCUT2D eigenvalue weighted by Crippen LogP contribution is -2.26. The first-order valence-corrected chi connectivity index (χ1v) is 9.14. The number of thiophene rings is 1. The standard InChI is InChI=1S/C18H24BrNS/c1-5-20-17(11-14-10-13(19)12-21-14)15-8-6-7-9-16(15)18(2,3)4/h6-10,12,17,20H,5,11H2,1-4H3. The van der Waals surface area contributed by atoms with Gasteiger partial charge in [-0.3, -0.25) is 0 Å². The minimum absolute atomic E-state index is 0.167. The summed E-state index contributed by atoms with van der Waals surface area (Å²) >= 11 is 5.38. The van der Waals surface area contributed by atoms with Crippen LogP contribution < -0.4 is 5.32 Å². The lowest BCUT2D eigenvalue weighted by Gasteiger charge is -2.28. The lowest BCUT2D eigenvalue weighted by molar-refractivity contribution is 0.519. The summed E-state index contributed by atoms with van der Waals surface area (Å²) < 4.78 is 1.18. The average molecular weight is 366 g/mol. The summed E-state index contributed by atoms with van der Waals surface area (Å²) in [5.74, 6) is 0. The van der Waals surface area contributed by atoms with Crippen molar-refractivity contribution in [2.75, 3.05) is 6.54 Å². The molecular formula is C18H24BrNS. The van der Waals surface area contributed by atoms with E-state index in [9.17, 15) is 0 Å². The van der Waals surface area contributed by atoms with Gasteiger partial charge in [-0.1, -0.05) is 52.0 Å². The molecular weight excluding hydrogens is 342 g/mol. The maximum absolute atomic E-state index is 3.66. The third-order valence-corrected chi connectivity index (χ3v) is 5.34. The third-order valence-electron chi connectivity index (χ3n) is 3.62. The summed E-state index contributed by atoms with van der Waals surface area (Å²) in [6.07, 6.45) is 1.04. The minimum Gasteiger partial charge on any atom is -0.310 e. The molecule has 2 aromatic rings. The Balaban J connectivity index is 2.34. The first-order chi connectivity index (χ1) is 9.91. The largest absolute Gasteiger partial charge is 0.310 e. The highest BCUT2D eigenvalue weighted by molar-refractivity contribution is 9.10. The van der Waals surface area contributed by atoms with Crippen molar-refractivity contribution < 1.29 is 0 Å². The van der Waals surface area contributed by atoms with Crippen LogP contribution in [0, 0.1) is 0 Å². The van der Waals surface area contributed by atoms with E-state index in [0.717, 1.165) is 13.0 Å². The summed E-state index contributed by atoms with van der Waals surface area (Å²) in [7, 11) is 0. The second-order valence-corrected chi connectivity index (χ2v) is 8.29. The van der Waals surface area contributed by atoms with Crippen LogP contribution in [-0.2, 0) is 11.8 Å². The van der Waals surface area contributed by atoms with E-state index in [0.29, 0.717) is 6.04 Å². The molecule has 0 aliphatic carbocycles. The highest BCUT2D eigenvalue weighted by atomic mass is 79.9. The summed E-state index contributed by atoms with van der Waals surface area (Å²) in [6, 6.07) is 11.4. The van der Waals surface area contributed by atoms with Crippen molar-refractivity contribution in [3.8, 4) is 0 Å². The van der Waals surface area contributed by atoms with Crippen LogP contribution in [0.5, 0.6) is 0 Å². The van der Waals surface area contributed by atoms with Crippen LogP contribution in [0.15, 0.2) is 40.2 Å². The number of benzene rings is 1. The van der Waals surface area contributed by atoms with Crippen molar-refractivity contribution >= 4 is 27.3 Å². The van der Waals surface area contributed by atoms with Crippen molar-refractivity contribution in [2.24, 2.45) is 0 Å². The Morgan fingerprint density at radius 1 is 1.24 bits per heavy atom. The molecule has 0 fully saturated rings. The Hall–Kier alpha value is -0.640. The smallest absolute Gasteiger partial charge is 0.0371 e. The molecule has 1 unspecified atom stereocenters. The van der Waals surface area contributed by atoms with E-state index >= 15 is 0 Å². The Kier molecular flexibility index (Phi) is 5.64. The van der Waals surface area contributed by atoms with Crippen LogP contribution in [0.1, 0.15) is 49.7 Å². The van der Waals surface area contributed by atoms with Crippen molar-refractivity contribution in [2.45, 2.75) is 45.6 Å². The SMILES string of the molecule is CCNC(Cc1cc(Br)cs1)c1ccccc1C(C)(C)C. The van der Waals surface area contributed by atoms with Crippen LogP contribution in [0.2, 0.25) is 0 Å². The highest BCUT2D eigenvalue weighted by Gasteiger charge is 2.22. The van der Waals surface area contributed by atoms with Gasteiger partial charge >= 0.3 is 0 Å². The molecule has 114 valence electrons. The molecule has 1 N–H and O–H groups in total. The van der Waals surface area contributed by atoms with Gasteiger partial charge in [-0.2, -0.15) is 0 Å². The van der Waals surface area contributed by atoms with Crippen molar-refractivity contribution in [1.29, 1.82) is 0 Å². The Morgan fingerprint density at radius 3 is 2.52 bits per heavy atom. The average Bonchev–Trinajstić information content (AvgIpc) is 2.83. The van der Waals surface area contributed by atoms with Gasteiger partial charge in [0.05, 0.1) is 0 Å². The molecule has 1 aromatic heterocycles. The number of hydrogen-bond donors (Lipinski definition) is 1. The van der Waals surface area contributed by atoms with Crippen molar-refractivity contribution in [3.05, 3.63) is 56.2 Å². The number of hydrogen-bond acceptors (Lipinski definition) is 2. The molecule has 1 atom stereocenters. The third kappa shape index (κ3) is 4.41. The van der Waals surface area contributed by atoms with Crippen LogP contribution in [-0.4, -0.2) is 6.54 Å². The zero-order valence-electron chi connectivity index (χ0n) is 13.2. The molecule has 0 amide bonds. The van der Waals surface area contributed by atoms with E-state index in [1.54, 1.807) is 0 Å². The second kappa shape index (κ2) is 7.08. The fourth-order valence-electron chi connectivity index (χ4n) is 2.68. The molecule has 2 rings (SSSR count). The van der Waals surface area contributed by atoms with E-state index in [1.807, 2.05) is 11.3 Å². The van der Waals surface area contributed by atoms with Crippen LogP contribution in [0.4, 0.5) is 0 Å². The number of likely N-dealkylation sites (N-methyl/N-ethyl adjacent to an activating group) is 1. The number of nitrogens with one attached hydrogen (secondary N) is 1. The van der Waals surface area contributed by atoms with E-state index in [1.165, 1.54) is 20.5 Å². The van der Waals surface area contributed by atoms with Gasteiger partial charge in [-0.15, -0.1) is 11.3 Å². The summed E-state index contributed by atoms with van der Waals surface area (Å²) in [5, 5.41) is 5.82. The zero-order valence-corrected chi connectivity index (χ0v) is 15.6. The van der Waals surface area contributed by atoms with Gasteiger partial charge in [0.1, 0.15) is 0 Å². The fraction of sp³-hybridized carbons (Fsp3) is 0.444. The second-order valence-electron chi connectivity index (χ2n) is 6.38. The van der Waals surface area contributed by atoms with E-state index in [4.69, 9.17) is 0 Å². The lowest BCUT2D eigenvalue weighted by atomic mass is 9.81. The zero-order chi connectivity index (χ0) is 15.5. The number of rotatable bonds is 5. The molecule has 0 aliphatic heterocycles. The molecule has 0 saturated carbocycles. The summed E-state index contributed by atoms with van der Waals surface area (Å²) in [5.41, 5.74) is 3.03. The minimum atomic E-state index is 0.167. The normalized spacial score (nSPS) is 13.4. The van der Waals surface area contributed by atoms with E-state index in [-0.39, 0.29) is 5.41 Å². The number of halogens is 1. The molecule has 3 heteroatoms. The molecule has 0 spiro atoms. The van der Waals surface area contributed by atoms with Crippen LogP contribution in [0.25, 0.3) is 0 Å². The Bertz CT molecular complexity index is 583. The summed E-state index contributed by atoms with van der Waals surface area (Å²) in [4.78, 5) is 1.41. The summed E-state index contributed by atoms with van der Waals surface area (Å²) in [6.45, 7) is 10.0. The van der Waals surface area contributed by atoms with Gasteiger partial charge in [0, 0.05) is 27.2 Å². The molecule has 1 aromatic carbocycles. The molecule has 21 heavy (non-hydrogen) atoms. The van der Waals surface area contributed by atoms with E-state index in [2.05, 4.69) is 84.7 Å². The molecule has 1 heterocycles. The molecule has 0 radical (unpaired) electrons. The fourth-order valence-corrected chi connectivity index (χ4v) is 4.18. The van der Waals surface area contributed by atoms with Gasteiger partial charge in [0.2, 0.25) is 0 Å². The maximum atomic E-state index is 3.66. The van der Waals surface area contributed by atoms with Gasteiger partial charge in [0.25, 0.3) is 0 Å². The van der Waals surface area contributed by atoms with Gasteiger partial charge in [0.15, 0.2) is 0 Å². The molecule has 0 bridgehead atoms. The Labute approximate surface area is 140 Å². The predicted octanol–water partition coefficient (Wildman–Crippen LogP) is 5.70. The van der Waals surface area contributed by atoms with Crippen LogP contribution in [0.3, 0.4) is 0 Å². The molecule has 0 aliphatic rings. The topological polar surface area (TPSA) is 12.0 Å². The van der Waals surface area contributed by atoms with Crippen molar-refractivity contribution in [1.82, 2.24) is 5.32 Å². The van der Waals surface area contributed by atoms with Gasteiger partial charge in [-0.25, -0.2) is 0 Å². The van der Waals surface area contributed by atoms with E-state index < -0.39 is 0 Å². The maximum Gasteiger partial charge on any atom is 0.0371 e. The monoisotopic (exact) mass is 365 g/mol. The molecule has 0 saturated heterocycles. The highest BCUT2D eigenvalue weighted by Crippen LogP contribution is 2.32. The Morgan fingerprint density at radius 2 is 1.95 bits per heavy atom. The van der Waals surface area contributed by atoms with Crippen molar-refractivity contribution in [3.63, 3.8) is 0 Å². The molecule has 1 nitrogen and oxygen atoms in total. The van der Waals surface area contributed by atoms with Gasteiger partial charge in [-0.05, 0) is 45.1 Å². The van der Waals surface area contributed by atoms with Crippen LogP contribution >= 0.6 is 27.3 Å². The van der Waals surface area contributed by atoms with Gasteiger partial charge < -0.3 is 5.32 Å².